The third-order valence-electron chi connectivity index (χ3n) is 3.79. The van der Waals surface area contributed by atoms with Gasteiger partial charge in [-0.25, -0.2) is 4.79 Å². The predicted octanol–water partition coefficient (Wildman–Crippen LogP) is 3.30. The normalized spacial score (nSPS) is 11.8. The highest BCUT2D eigenvalue weighted by Crippen LogP contribution is 2.20. The topological polar surface area (TPSA) is 71.2 Å². The van der Waals surface area contributed by atoms with Crippen molar-refractivity contribution in [3.8, 4) is 0 Å². The van der Waals surface area contributed by atoms with Crippen molar-refractivity contribution in [1.29, 1.82) is 0 Å². The highest BCUT2D eigenvalue weighted by atomic mass is 16.5. The smallest absolute Gasteiger partial charge is 0.355 e. The molecule has 2 N–H and O–H groups in total. The number of esters is 1. The van der Waals surface area contributed by atoms with Gasteiger partial charge in [0, 0.05) is 5.69 Å². The van der Waals surface area contributed by atoms with Crippen LogP contribution in [-0.4, -0.2) is 23.5 Å². The molecule has 1 heterocycles. The van der Waals surface area contributed by atoms with E-state index < -0.39 is 5.97 Å². The Kier molecular flexibility index (Phi) is 5.21. The molecule has 0 aliphatic heterocycles. The number of benzene rings is 1. The Labute approximate surface area is 136 Å². The van der Waals surface area contributed by atoms with Crippen LogP contribution in [0.5, 0.6) is 0 Å². The molecule has 0 aliphatic rings. The van der Waals surface area contributed by atoms with Gasteiger partial charge in [-0.05, 0) is 38.8 Å². The zero-order valence-electron chi connectivity index (χ0n) is 13.9. The summed E-state index contributed by atoms with van der Waals surface area (Å²) in [6.45, 7) is 7.49. The Morgan fingerprint density at radius 1 is 1.22 bits per heavy atom. The van der Waals surface area contributed by atoms with Gasteiger partial charge in [0.05, 0.1) is 18.2 Å². The molecular weight excluding hydrogens is 292 g/mol. The van der Waals surface area contributed by atoms with E-state index in [0.717, 1.165) is 5.56 Å². The number of ether oxygens (including phenoxy) is 1. The molecule has 0 saturated carbocycles. The maximum atomic E-state index is 12.6. The van der Waals surface area contributed by atoms with E-state index in [4.69, 9.17) is 4.74 Å². The summed E-state index contributed by atoms with van der Waals surface area (Å²) < 4.78 is 5.01. The molecule has 1 aromatic carbocycles. The number of nitrogens with one attached hydrogen (secondary N) is 2. The number of aromatic amines is 1. The van der Waals surface area contributed by atoms with Gasteiger partial charge in [-0.1, -0.05) is 30.3 Å². The average molecular weight is 314 g/mol. The Bertz CT molecular complexity index is 705. The van der Waals surface area contributed by atoms with Gasteiger partial charge in [0.25, 0.3) is 5.91 Å². The van der Waals surface area contributed by atoms with Crippen molar-refractivity contribution in [2.45, 2.75) is 33.7 Å². The summed E-state index contributed by atoms with van der Waals surface area (Å²) in [5.41, 5.74) is 3.12. The molecule has 0 aliphatic carbocycles. The van der Waals surface area contributed by atoms with Crippen LogP contribution in [-0.2, 0) is 4.74 Å². The first kappa shape index (κ1) is 16.8. The van der Waals surface area contributed by atoms with Gasteiger partial charge in [-0.2, -0.15) is 0 Å². The summed E-state index contributed by atoms with van der Waals surface area (Å²) in [7, 11) is 0. The van der Waals surface area contributed by atoms with E-state index >= 15 is 0 Å². The highest BCUT2D eigenvalue weighted by Gasteiger charge is 2.23. The fourth-order valence-electron chi connectivity index (χ4n) is 2.59. The quantitative estimate of drug-likeness (QED) is 0.832. The van der Waals surface area contributed by atoms with Crippen molar-refractivity contribution >= 4 is 11.9 Å². The lowest BCUT2D eigenvalue weighted by atomic mass is 10.1. The van der Waals surface area contributed by atoms with Crippen LogP contribution in [0.25, 0.3) is 0 Å². The molecule has 0 fully saturated rings. The van der Waals surface area contributed by atoms with E-state index in [-0.39, 0.29) is 11.9 Å². The number of aromatic nitrogens is 1. The Morgan fingerprint density at radius 2 is 1.87 bits per heavy atom. The summed E-state index contributed by atoms with van der Waals surface area (Å²) >= 11 is 0. The molecule has 2 rings (SSSR count). The lowest BCUT2D eigenvalue weighted by Gasteiger charge is -2.14. The van der Waals surface area contributed by atoms with Gasteiger partial charge in [-0.15, -0.1) is 0 Å². The van der Waals surface area contributed by atoms with Crippen LogP contribution in [0.3, 0.4) is 0 Å². The molecule has 0 saturated heterocycles. The summed E-state index contributed by atoms with van der Waals surface area (Å²) in [4.78, 5) is 27.4. The van der Waals surface area contributed by atoms with E-state index in [2.05, 4.69) is 10.3 Å². The largest absolute Gasteiger partial charge is 0.461 e. The van der Waals surface area contributed by atoms with Crippen LogP contribution in [0, 0.1) is 13.8 Å². The molecule has 0 bridgehead atoms. The van der Waals surface area contributed by atoms with Gasteiger partial charge < -0.3 is 15.0 Å². The van der Waals surface area contributed by atoms with E-state index in [9.17, 15) is 9.59 Å². The fraction of sp³-hybridized carbons (Fsp3) is 0.333. The fourth-order valence-corrected chi connectivity index (χ4v) is 2.59. The number of rotatable bonds is 5. The first-order valence-electron chi connectivity index (χ1n) is 7.67. The molecule has 0 radical (unpaired) electrons. The van der Waals surface area contributed by atoms with E-state index in [1.807, 2.05) is 37.3 Å². The number of aryl methyl sites for hydroxylation is 1. The minimum absolute atomic E-state index is 0.122. The number of carbonyl (C=O) groups excluding carboxylic acids is 2. The number of H-pyrrole nitrogens is 1. The lowest BCUT2D eigenvalue weighted by Crippen LogP contribution is -2.27. The Morgan fingerprint density at radius 3 is 2.48 bits per heavy atom. The molecule has 5 nitrogen and oxygen atoms in total. The minimum atomic E-state index is -0.441. The van der Waals surface area contributed by atoms with Crippen molar-refractivity contribution < 1.29 is 14.3 Å². The molecule has 1 aromatic heterocycles. The average Bonchev–Trinajstić information content (AvgIpc) is 2.83. The second kappa shape index (κ2) is 7.13. The molecular formula is C18H22N2O3. The van der Waals surface area contributed by atoms with Crippen molar-refractivity contribution in [3.63, 3.8) is 0 Å². The standard InChI is InChI=1S/C18H22N2O3/c1-5-23-18(22)16-11(2)15(13(4)19-16)17(21)20-12(3)14-9-7-6-8-10-14/h6-10,12,19H,5H2,1-4H3,(H,20,21)/t12-/m0/s1. The third-order valence-corrected chi connectivity index (χ3v) is 3.79. The highest BCUT2D eigenvalue weighted by molar-refractivity contribution is 6.01. The second-order valence-corrected chi connectivity index (χ2v) is 5.45. The van der Waals surface area contributed by atoms with Crippen LogP contribution >= 0.6 is 0 Å². The van der Waals surface area contributed by atoms with Crippen LogP contribution in [0.15, 0.2) is 30.3 Å². The van der Waals surface area contributed by atoms with Gasteiger partial charge >= 0.3 is 5.97 Å². The number of amides is 1. The van der Waals surface area contributed by atoms with Crippen molar-refractivity contribution in [3.05, 3.63) is 58.4 Å². The van der Waals surface area contributed by atoms with Crippen LogP contribution in [0.4, 0.5) is 0 Å². The maximum Gasteiger partial charge on any atom is 0.355 e. The number of hydrogen-bond donors (Lipinski definition) is 2. The van der Waals surface area contributed by atoms with Gasteiger partial charge in [-0.3, -0.25) is 4.79 Å². The van der Waals surface area contributed by atoms with Gasteiger partial charge in [0.15, 0.2) is 0 Å². The molecule has 5 heteroatoms. The van der Waals surface area contributed by atoms with E-state index in [1.165, 1.54) is 0 Å². The zero-order chi connectivity index (χ0) is 17.0. The second-order valence-electron chi connectivity index (χ2n) is 5.45. The van der Waals surface area contributed by atoms with Crippen molar-refractivity contribution in [2.75, 3.05) is 6.61 Å². The lowest BCUT2D eigenvalue weighted by molar-refractivity contribution is 0.0519. The first-order valence-corrected chi connectivity index (χ1v) is 7.67. The maximum absolute atomic E-state index is 12.6. The number of carbonyl (C=O) groups is 2. The minimum Gasteiger partial charge on any atom is -0.461 e. The molecule has 1 atom stereocenters. The summed E-state index contributed by atoms with van der Waals surface area (Å²) in [6.07, 6.45) is 0. The Hall–Kier alpha value is -2.56. The first-order chi connectivity index (χ1) is 11.0. The van der Waals surface area contributed by atoms with E-state index in [1.54, 1.807) is 20.8 Å². The SMILES string of the molecule is CCOC(=O)c1[nH]c(C)c(C(=O)N[C@@H](C)c2ccccc2)c1C. The van der Waals surface area contributed by atoms with Gasteiger partial charge in [0.1, 0.15) is 5.69 Å². The van der Waals surface area contributed by atoms with E-state index in [0.29, 0.717) is 29.1 Å². The summed E-state index contributed by atoms with van der Waals surface area (Å²) in [5, 5.41) is 2.97. The van der Waals surface area contributed by atoms with Crippen LogP contribution in [0.1, 0.15) is 57.6 Å². The van der Waals surface area contributed by atoms with Crippen molar-refractivity contribution in [2.24, 2.45) is 0 Å². The summed E-state index contributed by atoms with van der Waals surface area (Å²) in [6, 6.07) is 9.61. The Balaban J connectivity index is 2.21. The predicted molar refractivity (Wildman–Crippen MR) is 88.5 cm³/mol. The van der Waals surface area contributed by atoms with Crippen LogP contribution < -0.4 is 5.32 Å². The zero-order valence-corrected chi connectivity index (χ0v) is 13.9. The molecule has 0 spiro atoms. The van der Waals surface area contributed by atoms with Crippen molar-refractivity contribution in [1.82, 2.24) is 10.3 Å². The summed E-state index contributed by atoms with van der Waals surface area (Å²) in [5.74, 6) is -0.647. The molecule has 23 heavy (non-hydrogen) atoms. The van der Waals surface area contributed by atoms with Gasteiger partial charge in [0.2, 0.25) is 0 Å². The third kappa shape index (κ3) is 3.62. The monoisotopic (exact) mass is 314 g/mol. The molecule has 2 aromatic rings. The molecule has 1 amide bonds. The van der Waals surface area contributed by atoms with Crippen LogP contribution in [0.2, 0.25) is 0 Å². The molecule has 0 unspecified atom stereocenters. The number of hydrogen-bond acceptors (Lipinski definition) is 3. The molecule has 122 valence electrons.